The van der Waals surface area contributed by atoms with Gasteiger partial charge in [0.1, 0.15) is 5.69 Å². The molecule has 0 aliphatic carbocycles. The molecule has 3 aromatic rings. The lowest BCUT2D eigenvalue weighted by Crippen LogP contribution is -2.41. The van der Waals surface area contributed by atoms with Crippen molar-refractivity contribution in [3.63, 3.8) is 0 Å². The molecule has 0 spiro atoms. The first-order chi connectivity index (χ1) is 14.4. The van der Waals surface area contributed by atoms with Crippen LogP contribution in [-0.2, 0) is 16.7 Å². The number of nitrogens with zero attached hydrogens (tertiary/aromatic N) is 2. The van der Waals surface area contributed by atoms with Crippen LogP contribution in [0.5, 0.6) is 0 Å². The van der Waals surface area contributed by atoms with Crippen LogP contribution in [0.3, 0.4) is 0 Å². The zero-order valence-corrected chi connectivity index (χ0v) is 18.9. The number of thiophene rings is 1. The van der Waals surface area contributed by atoms with Gasteiger partial charge in [-0.25, -0.2) is 0 Å². The second kappa shape index (κ2) is 8.92. The van der Waals surface area contributed by atoms with Gasteiger partial charge in [0.25, 0.3) is 5.91 Å². The maximum absolute atomic E-state index is 13.0. The van der Waals surface area contributed by atoms with Gasteiger partial charge in [-0.2, -0.15) is 0 Å². The Kier molecular flexibility index (Phi) is 6.27. The molecule has 6 heteroatoms. The maximum atomic E-state index is 13.0. The number of hydrogen-bond donors (Lipinski definition) is 1. The van der Waals surface area contributed by atoms with Crippen LogP contribution >= 0.6 is 11.3 Å². The summed E-state index contributed by atoms with van der Waals surface area (Å²) < 4.78 is 8.68. The van der Waals surface area contributed by atoms with E-state index < -0.39 is 0 Å². The van der Waals surface area contributed by atoms with E-state index in [-0.39, 0.29) is 11.3 Å². The summed E-state index contributed by atoms with van der Waals surface area (Å²) in [4.78, 5) is 15.3. The monoisotopic (exact) mass is 425 g/mol. The van der Waals surface area contributed by atoms with E-state index in [2.05, 4.69) is 71.3 Å². The largest absolute Gasteiger partial charge is 0.379 e. The number of benzene rings is 1. The van der Waals surface area contributed by atoms with Crippen LogP contribution in [0.15, 0.2) is 41.8 Å². The number of carbonyl (C=O) groups is 1. The zero-order valence-electron chi connectivity index (χ0n) is 18.1. The molecular formula is C24H31N3O2S. The van der Waals surface area contributed by atoms with Crippen LogP contribution in [0.2, 0.25) is 0 Å². The van der Waals surface area contributed by atoms with Crippen LogP contribution in [-0.4, -0.2) is 54.8 Å². The van der Waals surface area contributed by atoms with Crippen molar-refractivity contribution in [3.05, 3.63) is 58.6 Å². The van der Waals surface area contributed by atoms with Gasteiger partial charge < -0.3 is 14.6 Å². The van der Waals surface area contributed by atoms with Gasteiger partial charge in [-0.15, -0.1) is 11.3 Å². The molecule has 2 aromatic heterocycles. The molecule has 0 unspecified atom stereocenters. The molecule has 160 valence electrons. The van der Waals surface area contributed by atoms with E-state index in [9.17, 15) is 4.79 Å². The molecule has 3 heterocycles. The Hall–Kier alpha value is -2.15. The standard InChI is InChI=1S/C24H31N3O2S/c1-24(2,3)19-6-4-18(5-7-19)17-27-20-8-15-30-22(20)16-21(27)23(28)25-9-10-26-11-13-29-14-12-26/h4-8,15-16H,9-14,17H2,1-3H3,(H,25,28). The lowest BCUT2D eigenvalue weighted by atomic mass is 9.87. The smallest absolute Gasteiger partial charge is 0.268 e. The Bertz CT molecular complexity index is 992. The molecule has 30 heavy (non-hydrogen) atoms. The van der Waals surface area contributed by atoms with Gasteiger partial charge in [-0.1, -0.05) is 45.0 Å². The Morgan fingerprint density at radius 3 is 2.57 bits per heavy atom. The second-order valence-corrected chi connectivity index (χ2v) is 9.89. The van der Waals surface area contributed by atoms with Crippen molar-refractivity contribution in [1.29, 1.82) is 0 Å². The third-order valence-corrected chi connectivity index (χ3v) is 6.59. The fourth-order valence-corrected chi connectivity index (χ4v) is 4.69. The number of aromatic nitrogens is 1. The van der Waals surface area contributed by atoms with E-state index in [0.717, 1.165) is 48.8 Å². The minimum atomic E-state index is -0.00188. The number of nitrogens with one attached hydrogen (secondary N) is 1. The van der Waals surface area contributed by atoms with Gasteiger partial charge >= 0.3 is 0 Å². The molecule has 4 rings (SSSR count). The first kappa shape index (κ1) is 21.1. The molecular weight excluding hydrogens is 394 g/mol. The molecule has 1 saturated heterocycles. The van der Waals surface area contributed by atoms with Crippen molar-refractivity contribution >= 4 is 27.5 Å². The highest BCUT2D eigenvalue weighted by Gasteiger charge is 2.18. The molecule has 0 atom stereocenters. The van der Waals surface area contributed by atoms with E-state index >= 15 is 0 Å². The number of carbonyl (C=O) groups excluding carboxylic acids is 1. The summed E-state index contributed by atoms with van der Waals surface area (Å²) in [6.07, 6.45) is 0. The predicted molar refractivity (Wildman–Crippen MR) is 124 cm³/mol. The van der Waals surface area contributed by atoms with Gasteiger partial charge in [0.15, 0.2) is 0 Å². The van der Waals surface area contributed by atoms with Crippen LogP contribution in [0.1, 0.15) is 42.4 Å². The van der Waals surface area contributed by atoms with Crippen LogP contribution < -0.4 is 5.32 Å². The van der Waals surface area contributed by atoms with Crippen molar-refractivity contribution in [2.75, 3.05) is 39.4 Å². The first-order valence-corrected chi connectivity index (χ1v) is 11.5. The normalized spacial score (nSPS) is 15.6. The van der Waals surface area contributed by atoms with Crippen molar-refractivity contribution < 1.29 is 9.53 Å². The van der Waals surface area contributed by atoms with Crippen LogP contribution in [0.4, 0.5) is 0 Å². The highest BCUT2D eigenvalue weighted by molar-refractivity contribution is 7.17. The average Bonchev–Trinajstić information content (AvgIpc) is 3.31. The summed E-state index contributed by atoms with van der Waals surface area (Å²) in [5.41, 5.74) is 4.52. The number of morpholine rings is 1. The molecule has 1 aliphatic rings. The maximum Gasteiger partial charge on any atom is 0.268 e. The average molecular weight is 426 g/mol. The Balaban J connectivity index is 1.48. The van der Waals surface area contributed by atoms with Gasteiger partial charge in [-0.3, -0.25) is 9.69 Å². The molecule has 1 amide bonds. The number of rotatable bonds is 6. The summed E-state index contributed by atoms with van der Waals surface area (Å²) in [5.74, 6) is -0.00188. The molecule has 1 N–H and O–H groups in total. The zero-order chi connectivity index (χ0) is 21.1. The summed E-state index contributed by atoms with van der Waals surface area (Å²) in [5, 5.41) is 5.20. The number of amides is 1. The molecule has 0 saturated carbocycles. The predicted octanol–water partition coefficient (Wildman–Crippen LogP) is 4.11. The fraction of sp³-hybridized carbons (Fsp3) is 0.458. The van der Waals surface area contributed by atoms with Gasteiger partial charge in [0.05, 0.1) is 23.4 Å². The molecule has 5 nitrogen and oxygen atoms in total. The van der Waals surface area contributed by atoms with Gasteiger partial charge in [0.2, 0.25) is 0 Å². The molecule has 0 bridgehead atoms. The Labute approximate surface area is 182 Å². The lowest BCUT2D eigenvalue weighted by Gasteiger charge is -2.26. The van der Waals surface area contributed by atoms with Crippen molar-refractivity contribution in [2.45, 2.75) is 32.7 Å². The highest BCUT2D eigenvalue weighted by Crippen LogP contribution is 2.27. The second-order valence-electron chi connectivity index (χ2n) is 8.94. The third kappa shape index (κ3) is 4.77. The van der Waals surface area contributed by atoms with Crippen LogP contribution in [0, 0.1) is 0 Å². The van der Waals surface area contributed by atoms with E-state index in [4.69, 9.17) is 4.74 Å². The minimum Gasteiger partial charge on any atom is -0.379 e. The summed E-state index contributed by atoms with van der Waals surface area (Å²) in [6, 6.07) is 12.9. The molecule has 0 radical (unpaired) electrons. The SMILES string of the molecule is CC(C)(C)c1ccc(Cn2c(C(=O)NCCN3CCOCC3)cc3sccc32)cc1. The van der Waals surface area contributed by atoms with Crippen LogP contribution in [0.25, 0.3) is 10.2 Å². The third-order valence-electron chi connectivity index (χ3n) is 5.73. The topological polar surface area (TPSA) is 46.5 Å². The van der Waals surface area contributed by atoms with E-state index in [1.165, 1.54) is 11.1 Å². The van der Waals surface area contributed by atoms with E-state index in [1.54, 1.807) is 11.3 Å². The highest BCUT2D eigenvalue weighted by atomic mass is 32.1. The Morgan fingerprint density at radius 2 is 1.87 bits per heavy atom. The van der Waals surface area contributed by atoms with Crippen molar-refractivity contribution in [2.24, 2.45) is 0 Å². The minimum absolute atomic E-state index is 0.00188. The summed E-state index contributed by atoms with van der Waals surface area (Å²) >= 11 is 1.68. The molecule has 1 aromatic carbocycles. The van der Waals surface area contributed by atoms with E-state index in [0.29, 0.717) is 13.1 Å². The Morgan fingerprint density at radius 1 is 1.13 bits per heavy atom. The van der Waals surface area contributed by atoms with E-state index in [1.807, 2.05) is 6.07 Å². The van der Waals surface area contributed by atoms with Gasteiger partial charge in [0, 0.05) is 32.7 Å². The summed E-state index contributed by atoms with van der Waals surface area (Å²) in [7, 11) is 0. The number of fused-ring (bicyclic) bond motifs is 1. The van der Waals surface area contributed by atoms with Gasteiger partial charge in [-0.05, 0) is 34.1 Å². The quantitative estimate of drug-likeness (QED) is 0.647. The molecule has 1 aliphatic heterocycles. The number of ether oxygens (including phenoxy) is 1. The molecule has 1 fully saturated rings. The summed E-state index contributed by atoms with van der Waals surface area (Å²) in [6.45, 7) is 12.3. The van der Waals surface area contributed by atoms with Crippen molar-refractivity contribution in [3.8, 4) is 0 Å². The number of hydrogen-bond acceptors (Lipinski definition) is 4. The first-order valence-electron chi connectivity index (χ1n) is 10.7. The lowest BCUT2D eigenvalue weighted by molar-refractivity contribution is 0.0383. The van der Waals surface area contributed by atoms with Crippen molar-refractivity contribution in [1.82, 2.24) is 14.8 Å². The fourth-order valence-electron chi connectivity index (χ4n) is 3.87.